The summed E-state index contributed by atoms with van der Waals surface area (Å²) in [7, 11) is 0. The highest BCUT2D eigenvalue weighted by Crippen LogP contribution is 2.42. The number of hydrogen-bond acceptors (Lipinski definition) is 6. The summed E-state index contributed by atoms with van der Waals surface area (Å²) in [4.78, 5) is 15.2. The Morgan fingerprint density at radius 1 is 1.19 bits per heavy atom. The van der Waals surface area contributed by atoms with Crippen molar-refractivity contribution in [1.82, 2.24) is 14.7 Å². The number of thiophene rings is 1. The Balaban J connectivity index is 1.36. The summed E-state index contributed by atoms with van der Waals surface area (Å²) in [6.45, 7) is 6.79. The van der Waals surface area contributed by atoms with Crippen LogP contribution in [0.2, 0.25) is 0 Å². The fourth-order valence-corrected chi connectivity index (χ4v) is 5.96. The van der Waals surface area contributed by atoms with E-state index in [-0.39, 0.29) is 18.6 Å². The number of ether oxygens (including phenoxy) is 3. The average Bonchev–Trinajstić information content (AvgIpc) is 3.56. The molecule has 4 heterocycles. The van der Waals surface area contributed by atoms with Crippen molar-refractivity contribution in [2.24, 2.45) is 0 Å². The van der Waals surface area contributed by atoms with Gasteiger partial charge in [0.1, 0.15) is 19.3 Å². The summed E-state index contributed by atoms with van der Waals surface area (Å²) in [6.07, 6.45) is 0.854. The van der Waals surface area contributed by atoms with Crippen molar-refractivity contribution in [2.45, 2.75) is 39.5 Å². The fraction of sp³-hybridized carbons (Fsp3) is 0.357. The van der Waals surface area contributed by atoms with Crippen LogP contribution in [-0.4, -0.2) is 53.1 Å². The number of carbonyl (C=O) groups excluding carboxylic acids is 1. The van der Waals surface area contributed by atoms with Crippen molar-refractivity contribution >= 4 is 27.3 Å². The average molecular weight is 504 g/mol. The van der Waals surface area contributed by atoms with Gasteiger partial charge in [-0.15, -0.1) is 11.3 Å². The van der Waals surface area contributed by atoms with Crippen molar-refractivity contribution in [2.75, 3.05) is 26.4 Å². The molecule has 7 nitrogen and oxygen atoms in total. The molecule has 1 fully saturated rings. The van der Waals surface area contributed by atoms with E-state index < -0.39 is 0 Å². The zero-order valence-corrected chi connectivity index (χ0v) is 21.3. The van der Waals surface area contributed by atoms with Crippen LogP contribution in [0, 0.1) is 13.8 Å². The van der Waals surface area contributed by atoms with E-state index in [9.17, 15) is 4.79 Å². The highest BCUT2D eigenvalue weighted by Gasteiger charge is 2.27. The second-order valence-electron chi connectivity index (χ2n) is 9.46. The second-order valence-corrected chi connectivity index (χ2v) is 10.4. The molecule has 2 aromatic carbocycles. The maximum absolute atomic E-state index is 13.3. The van der Waals surface area contributed by atoms with Crippen molar-refractivity contribution in [3.8, 4) is 22.6 Å². The minimum Gasteiger partial charge on any atom is -0.487 e. The van der Waals surface area contributed by atoms with E-state index in [1.54, 1.807) is 16.0 Å². The van der Waals surface area contributed by atoms with Gasteiger partial charge in [0.2, 0.25) is 5.91 Å². The van der Waals surface area contributed by atoms with Gasteiger partial charge in [-0.2, -0.15) is 5.10 Å². The van der Waals surface area contributed by atoms with Gasteiger partial charge < -0.3 is 19.1 Å². The SMILES string of the molecule is Cc1cc(C)n(CC(=O)N2CCOc3c(cc(-c4csc5ccccc45)cc3OC3CCOC3)C2)n1. The van der Waals surface area contributed by atoms with Gasteiger partial charge in [0.25, 0.3) is 0 Å². The first-order valence-electron chi connectivity index (χ1n) is 12.3. The van der Waals surface area contributed by atoms with E-state index in [4.69, 9.17) is 14.2 Å². The maximum Gasteiger partial charge on any atom is 0.244 e. The Labute approximate surface area is 214 Å². The molecule has 0 aliphatic carbocycles. The Morgan fingerprint density at radius 3 is 2.89 bits per heavy atom. The van der Waals surface area contributed by atoms with Crippen LogP contribution in [0.5, 0.6) is 11.5 Å². The zero-order chi connectivity index (χ0) is 24.6. The maximum atomic E-state index is 13.3. The smallest absolute Gasteiger partial charge is 0.244 e. The molecule has 2 aliphatic rings. The minimum atomic E-state index is -0.000753. The quantitative estimate of drug-likeness (QED) is 0.385. The molecule has 2 aromatic heterocycles. The Morgan fingerprint density at radius 2 is 2.08 bits per heavy atom. The Kier molecular flexibility index (Phi) is 6.15. The van der Waals surface area contributed by atoms with Crippen LogP contribution in [0.15, 0.2) is 47.8 Å². The lowest BCUT2D eigenvalue weighted by Gasteiger charge is -2.21. The largest absolute Gasteiger partial charge is 0.487 e. The molecule has 36 heavy (non-hydrogen) atoms. The van der Waals surface area contributed by atoms with Gasteiger partial charge in [-0.25, -0.2) is 0 Å². The predicted octanol–water partition coefficient (Wildman–Crippen LogP) is 4.97. The third-order valence-electron chi connectivity index (χ3n) is 6.82. The lowest BCUT2D eigenvalue weighted by molar-refractivity contribution is -0.132. The molecular formula is C28H29N3O4S. The molecule has 1 saturated heterocycles. The van der Waals surface area contributed by atoms with Crippen LogP contribution in [0.3, 0.4) is 0 Å². The van der Waals surface area contributed by atoms with Crippen molar-refractivity contribution in [3.05, 3.63) is 64.8 Å². The molecule has 2 aliphatic heterocycles. The van der Waals surface area contributed by atoms with Crippen LogP contribution in [-0.2, 0) is 22.6 Å². The van der Waals surface area contributed by atoms with Gasteiger partial charge in [-0.05, 0) is 49.1 Å². The van der Waals surface area contributed by atoms with E-state index in [0.29, 0.717) is 32.9 Å². The molecule has 0 saturated carbocycles. The number of fused-ring (bicyclic) bond motifs is 2. The molecule has 0 bridgehead atoms. The summed E-state index contributed by atoms with van der Waals surface area (Å²) in [5.41, 5.74) is 5.08. The van der Waals surface area contributed by atoms with Crippen LogP contribution in [0.1, 0.15) is 23.4 Å². The molecule has 0 N–H and O–H groups in total. The van der Waals surface area contributed by atoms with Gasteiger partial charge in [0.15, 0.2) is 11.5 Å². The van der Waals surface area contributed by atoms with E-state index in [1.165, 1.54) is 10.1 Å². The van der Waals surface area contributed by atoms with Crippen LogP contribution in [0.25, 0.3) is 21.2 Å². The van der Waals surface area contributed by atoms with Gasteiger partial charge >= 0.3 is 0 Å². The first kappa shape index (κ1) is 23.1. The van der Waals surface area contributed by atoms with Gasteiger partial charge in [-0.3, -0.25) is 9.48 Å². The molecular weight excluding hydrogens is 474 g/mol. The number of aryl methyl sites for hydroxylation is 2. The van der Waals surface area contributed by atoms with Gasteiger partial charge in [0.05, 0.1) is 25.5 Å². The van der Waals surface area contributed by atoms with Crippen LogP contribution < -0.4 is 9.47 Å². The lowest BCUT2D eigenvalue weighted by Crippen LogP contribution is -2.35. The van der Waals surface area contributed by atoms with E-state index in [1.807, 2.05) is 24.8 Å². The molecule has 1 unspecified atom stereocenters. The van der Waals surface area contributed by atoms with Crippen molar-refractivity contribution in [3.63, 3.8) is 0 Å². The summed E-state index contributed by atoms with van der Waals surface area (Å²) >= 11 is 1.73. The highest BCUT2D eigenvalue weighted by molar-refractivity contribution is 7.17. The van der Waals surface area contributed by atoms with Crippen LogP contribution >= 0.6 is 11.3 Å². The van der Waals surface area contributed by atoms with E-state index >= 15 is 0 Å². The monoisotopic (exact) mass is 503 g/mol. The summed E-state index contributed by atoms with van der Waals surface area (Å²) in [5.74, 6) is 1.48. The molecule has 4 aromatic rings. The first-order chi connectivity index (χ1) is 17.5. The molecule has 1 atom stereocenters. The number of aromatic nitrogens is 2. The fourth-order valence-electron chi connectivity index (χ4n) is 4.99. The number of nitrogens with zero attached hydrogens (tertiary/aromatic N) is 3. The predicted molar refractivity (Wildman–Crippen MR) is 140 cm³/mol. The third-order valence-corrected chi connectivity index (χ3v) is 7.78. The normalized spacial score (nSPS) is 17.6. The van der Waals surface area contributed by atoms with E-state index in [2.05, 4.69) is 46.9 Å². The number of amides is 1. The van der Waals surface area contributed by atoms with Gasteiger partial charge in [-0.1, -0.05) is 18.2 Å². The first-order valence-corrected chi connectivity index (χ1v) is 13.2. The standard InChI is InChI=1S/C28H29N3O4S/c1-18-11-19(2)31(29-18)15-27(32)30-8-10-34-28-21(14-30)12-20(13-25(28)35-22-7-9-33-16-22)24-17-36-26-6-4-3-5-23(24)26/h3-6,11-13,17,22H,7-10,14-16H2,1-2H3. The Bertz CT molecular complexity index is 1420. The molecule has 0 radical (unpaired) electrons. The zero-order valence-electron chi connectivity index (χ0n) is 20.5. The summed E-state index contributed by atoms with van der Waals surface area (Å²) in [6, 6.07) is 14.6. The molecule has 186 valence electrons. The summed E-state index contributed by atoms with van der Waals surface area (Å²) in [5, 5.41) is 7.87. The second kappa shape index (κ2) is 9.59. The number of rotatable bonds is 5. The number of carbonyl (C=O) groups is 1. The third kappa shape index (κ3) is 4.47. The lowest BCUT2D eigenvalue weighted by atomic mass is 10.0. The Hall–Kier alpha value is -3.36. The molecule has 0 spiro atoms. The molecule has 6 rings (SSSR count). The highest BCUT2D eigenvalue weighted by atomic mass is 32.1. The number of benzene rings is 2. The minimum absolute atomic E-state index is 0.000753. The van der Waals surface area contributed by atoms with E-state index in [0.717, 1.165) is 46.0 Å². The van der Waals surface area contributed by atoms with Crippen molar-refractivity contribution < 1.29 is 19.0 Å². The van der Waals surface area contributed by atoms with Gasteiger partial charge in [0, 0.05) is 39.9 Å². The summed E-state index contributed by atoms with van der Waals surface area (Å²) < 4.78 is 21.2. The molecule has 1 amide bonds. The molecule has 8 heteroatoms. The topological polar surface area (TPSA) is 65.8 Å². The van der Waals surface area contributed by atoms with Crippen LogP contribution in [0.4, 0.5) is 0 Å². The number of hydrogen-bond donors (Lipinski definition) is 0. The van der Waals surface area contributed by atoms with Crippen molar-refractivity contribution in [1.29, 1.82) is 0 Å².